The number of hydrogen-bond acceptors (Lipinski definition) is 5. The molecule has 0 aliphatic carbocycles. The van der Waals surface area contributed by atoms with E-state index in [-0.39, 0.29) is 18.4 Å². The minimum Gasteiger partial charge on any atom is -0.482 e. The normalized spacial score (nSPS) is 12.9. The molecule has 0 radical (unpaired) electrons. The maximum atomic E-state index is 13.3. The first kappa shape index (κ1) is 18.7. The van der Waals surface area contributed by atoms with Gasteiger partial charge in [-0.25, -0.2) is 4.98 Å². The lowest BCUT2D eigenvalue weighted by Crippen LogP contribution is -2.35. The van der Waals surface area contributed by atoms with E-state index in [1.165, 1.54) is 4.90 Å². The third-order valence-corrected chi connectivity index (χ3v) is 5.19. The predicted molar refractivity (Wildman–Crippen MR) is 118 cm³/mol. The Hall–Kier alpha value is -4.26. The average molecular weight is 410 g/mol. The molecule has 0 fully saturated rings. The summed E-state index contributed by atoms with van der Waals surface area (Å²) < 4.78 is 5.45. The van der Waals surface area contributed by atoms with Gasteiger partial charge in [-0.05, 0) is 42.5 Å². The van der Waals surface area contributed by atoms with Crippen LogP contribution in [-0.2, 0) is 4.79 Å². The Morgan fingerprint density at radius 1 is 1.03 bits per heavy atom. The first-order chi connectivity index (χ1) is 15.1. The van der Waals surface area contributed by atoms with Crippen molar-refractivity contribution in [1.82, 2.24) is 9.97 Å². The van der Waals surface area contributed by atoms with Gasteiger partial charge >= 0.3 is 0 Å². The van der Waals surface area contributed by atoms with E-state index >= 15 is 0 Å². The van der Waals surface area contributed by atoms with Crippen LogP contribution in [-0.4, -0.2) is 35.4 Å². The lowest BCUT2D eigenvalue weighted by Gasteiger charge is -2.26. The maximum Gasteiger partial charge on any atom is 0.264 e. The van der Waals surface area contributed by atoms with Crippen LogP contribution in [0.25, 0.3) is 22.3 Å². The number of hydrogen-bond donors (Lipinski definition) is 1. The number of carbonyl (C=O) groups excluding carboxylic acids is 2. The molecule has 1 aliphatic rings. The number of fused-ring (bicyclic) bond motifs is 2. The smallest absolute Gasteiger partial charge is 0.264 e. The zero-order chi connectivity index (χ0) is 21.4. The van der Waals surface area contributed by atoms with Crippen molar-refractivity contribution >= 4 is 34.1 Å². The Labute approximate surface area is 178 Å². The van der Waals surface area contributed by atoms with Gasteiger partial charge in [0.15, 0.2) is 6.61 Å². The summed E-state index contributed by atoms with van der Waals surface area (Å²) in [6.45, 7) is 0.00844. The summed E-state index contributed by atoms with van der Waals surface area (Å²) in [4.78, 5) is 35.7. The van der Waals surface area contributed by atoms with Crippen molar-refractivity contribution in [2.75, 3.05) is 23.9 Å². The Balaban J connectivity index is 1.54. The molecular weight excluding hydrogens is 392 g/mol. The van der Waals surface area contributed by atoms with Crippen LogP contribution in [0.15, 0.2) is 72.9 Å². The summed E-state index contributed by atoms with van der Waals surface area (Å²) in [7, 11) is 1.69. The van der Waals surface area contributed by atoms with E-state index in [0.717, 1.165) is 5.39 Å². The molecule has 152 valence electrons. The van der Waals surface area contributed by atoms with Gasteiger partial charge in [0.25, 0.3) is 11.8 Å². The van der Waals surface area contributed by atoms with Gasteiger partial charge in [0, 0.05) is 24.3 Å². The Morgan fingerprint density at radius 2 is 1.87 bits per heavy atom. The second-order valence-corrected chi connectivity index (χ2v) is 7.17. The van der Waals surface area contributed by atoms with Crippen molar-refractivity contribution < 1.29 is 14.3 Å². The van der Waals surface area contributed by atoms with E-state index in [2.05, 4.69) is 15.3 Å². The topological polar surface area (TPSA) is 84.4 Å². The molecule has 7 heteroatoms. The summed E-state index contributed by atoms with van der Waals surface area (Å²) in [5.74, 6) is 0.185. The number of rotatable bonds is 3. The van der Waals surface area contributed by atoms with Crippen molar-refractivity contribution in [3.8, 4) is 17.1 Å². The minimum absolute atomic E-state index is 0.00844. The Kier molecular flexibility index (Phi) is 4.55. The fourth-order valence-electron chi connectivity index (χ4n) is 3.56. The van der Waals surface area contributed by atoms with Gasteiger partial charge in [0.05, 0.1) is 28.2 Å². The minimum atomic E-state index is -0.276. The highest BCUT2D eigenvalue weighted by Gasteiger charge is 2.23. The van der Waals surface area contributed by atoms with Crippen LogP contribution in [0.2, 0.25) is 0 Å². The number of nitrogens with one attached hydrogen (secondary N) is 1. The number of nitrogens with zero attached hydrogens (tertiary/aromatic N) is 3. The maximum absolute atomic E-state index is 13.3. The SMILES string of the molecule is CN1C(=O)COc2ccc(NC(=O)c3cc(-c4ccccn4)nc4ccccc34)cc21. The molecular formula is C24H18N4O3. The van der Waals surface area contributed by atoms with Crippen LogP contribution in [0.4, 0.5) is 11.4 Å². The number of anilines is 2. The van der Waals surface area contributed by atoms with Crippen LogP contribution < -0.4 is 15.0 Å². The molecule has 5 rings (SSSR count). The lowest BCUT2D eigenvalue weighted by atomic mass is 10.1. The molecule has 0 atom stereocenters. The summed E-state index contributed by atoms with van der Waals surface area (Å²) in [5.41, 5.74) is 3.68. The molecule has 2 aromatic heterocycles. The number of ether oxygens (including phenoxy) is 1. The standard InChI is InChI=1S/C24H18N4O3/c1-28-21-12-15(9-10-22(21)31-14-23(28)29)26-24(30)17-13-20(19-8-4-5-11-25-19)27-18-7-3-2-6-16(17)18/h2-13H,14H2,1H3,(H,26,30). The van der Waals surface area contributed by atoms with Gasteiger partial charge < -0.3 is 15.0 Å². The molecule has 0 bridgehead atoms. The summed E-state index contributed by atoms with van der Waals surface area (Å²) in [6.07, 6.45) is 1.69. The zero-order valence-corrected chi connectivity index (χ0v) is 16.7. The quantitative estimate of drug-likeness (QED) is 0.554. The lowest BCUT2D eigenvalue weighted by molar-refractivity contribution is -0.120. The predicted octanol–water partition coefficient (Wildman–Crippen LogP) is 3.90. The van der Waals surface area contributed by atoms with Crippen molar-refractivity contribution in [1.29, 1.82) is 0 Å². The third-order valence-electron chi connectivity index (χ3n) is 5.19. The van der Waals surface area contributed by atoms with Crippen molar-refractivity contribution in [3.05, 3.63) is 78.5 Å². The van der Waals surface area contributed by atoms with E-state index in [4.69, 9.17) is 4.74 Å². The third kappa shape index (κ3) is 3.46. The summed E-state index contributed by atoms with van der Waals surface area (Å²) in [5, 5.41) is 3.68. The molecule has 31 heavy (non-hydrogen) atoms. The number of pyridine rings is 2. The number of likely N-dealkylation sites (N-methyl/N-ethyl adjacent to an activating group) is 1. The number of carbonyl (C=O) groups is 2. The second kappa shape index (κ2) is 7.53. The molecule has 2 amide bonds. The summed E-state index contributed by atoms with van der Waals surface area (Å²) in [6, 6.07) is 20.0. The fourth-order valence-corrected chi connectivity index (χ4v) is 3.56. The molecule has 0 unspecified atom stereocenters. The second-order valence-electron chi connectivity index (χ2n) is 7.17. The van der Waals surface area contributed by atoms with Gasteiger partial charge in [-0.1, -0.05) is 24.3 Å². The van der Waals surface area contributed by atoms with Gasteiger partial charge in [-0.2, -0.15) is 0 Å². The monoisotopic (exact) mass is 410 g/mol. The van der Waals surface area contributed by atoms with Crippen LogP contribution in [0, 0.1) is 0 Å². The Morgan fingerprint density at radius 3 is 2.71 bits per heavy atom. The molecule has 0 spiro atoms. The highest BCUT2D eigenvalue weighted by molar-refractivity contribution is 6.13. The number of benzene rings is 2. The van der Waals surface area contributed by atoms with E-state index < -0.39 is 0 Å². The largest absolute Gasteiger partial charge is 0.482 e. The molecule has 1 N–H and O–H groups in total. The zero-order valence-electron chi connectivity index (χ0n) is 16.7. The van der Waals surface area contributed by atoms with E-state index in [9.17, 15) is 9.59 Å². The van der Waals surface area contributed by atoms with Crippen molar-refractivity contribution in [2.45, 2.75) is 0 Å². The number of para-hydroxylation sites is 1. The molecule has 0 saturated heterocycles. The first-order valence-electron chi connectivity index (χ1n) is 9.76. The highest BCUT2D eigenvalue weighted by atomic mass is 16.5. The van der Waals surface area contributed by atoms with Gasteiger partial charge in [0.2, 0.25) is 0 Å². The van der Waals surface area contributed by atoms with E-state index in [0.29, 0.717) is 39.6 Å². The summed E-state index contributed by atoms with van der Waals surface area (Å²) >= 11 is 0. The molecule has 2 aromatic carbocycles. The van der Waals surface area contributed by atoms with Crippen molar-refractivity contribution in [3.63, 3.8) is 0 Å². The first-order valence-corrected chi connectivity index (χ1v) is 9.76. The highest BCUT2D eigenvalue weighted by Crippen LogP contribution is 2.34. The van der Waals surface area contributed by atoms with Crippen LogP contribution in [0.3, 0.4) is 0 Å². The molecule has 7 nitrogen and oxygen atoms in total. The van der Waals surface area contributed by atoms with Crippen LogP contribution >= 0.6 is 0 Å². The van der Waals surface area contributed by atoms with E-state index in [1.807, 2.05) is 42.5 Å². The Bertz CT molecular complexity index is 1320. The van der Waals surface area contributed by atoms with Crippen molar-refractivity contribution in [2.24, 2.45) is 0 Å². The molecule has 1 aliphatic heterocycles. The van der Waals surface area contributed by atoms with Gasteiger partial charge in [-0.3, -0.25) is 14.6 Å². The average Bonchev–Trinajstić information content (AvgIpc) is 2.81. The number of amides is 2. The fraction of sp³-hybridized carbons (Fsp3) is 0.0833. The molecule has 4 aromatic rings. The van der Waals surface area contributed by atoms with Gasteiger partial charge in [-0.15, -0.1) is 0 Å². The van der Waals surface area contributed by atoms with E-state index in [1.54, 1.807) is 37.5 Å². The molecule has 3 heterocycles. The number of aromatic nitrogens is 2. The molecule has 0 saturated carbocycles. The van der Waals surface area contributed by atoms with Gasteiger partial charge in [0.1, 0.15) is 5.75 Å². The van der Waals surface area contributed by atoms with Crippen LogP contribution in [0.5, 0.6) is 5.75 Å². The van der Waals surface area contributed by atoms with Crippen LogP contribution in [0.1, 0.15) is 10.4 Å².